The molecule has 0 bridgehead atoms. The molecule has 10 nitrogen and oxygen atoms in total. The average Bonchev–Trinajstić information content (AvgIpc) is 3.46. The number of halogens is 3. The van der Waals surface area contributed by atoms with Gasteiger partial charge in [-0.3, -0.25) is 14.7 Å². The van der Waals surface area contributed by atoms with Gasteiger partial charge in [0.1, 0.15) is 0 Å². The van der Waals surface area contributed by atoms with Crippen molar-refractivity contribution < 1.29 is 18.7 Å². The van der Waals surface area contributed by atoms with E-state index in [9.17, 15) is 4.79 Å². The van der Waals surface area contributed by atoms with E-state index in [1.165, 1.54) is 0 Å². The first kappa shape index (κ1) is 32.1. The summed E-state index contributed by atoms with van der Waals surface area (Å²) in [6.07, 6.45) is 4.78. The van der Waals surface area contributed by atoms with Gasteiger partial charge in [0.15, 0.2) is 11.6 Å². The summed E-state index contributed by atoms with van der Waals surface area (Å²) < 4.78 is 26.4. The van der Waals surface area contributed by atoms with Gasteiger partial charge in [-0.05, 0) is 30.7 Å². The molecule has 3 N–H and O–H groups in total. The number of aromatic nitrogens is 3. The van der Waals surface area contributed by atoms with Crippen LogP contribution in [0, 0.1) is 5.82 Å². The van der Waals surface area contributed by atoms with Crippen LogP contribution in [0.15, 0.2) is 54.9 Å². The lowest BCUT2D eigenvalue weighted by atomic mass is 10.1. The average molecular weight is 667 g/mol. The van der Waals surface area contributed by atoms with Crippen molar-refractivity contribution in [2.75, 3.05) is 39.2 Å². The Morgan fingerprint density at radius 3 is 2.61 bits per heavy atom. The number of rotatable bonds is 12. The Labute approximate surface area is 276 Å². The Kier molecular flexibility index (Phi) is 9.95. The van der Waals surface area contributed by atoms with Gasteiger partial charge >= 0.3 is 0 Å². The summed E-state index contributed by atoms with van der Waals surface area (Å²) in [6.45, 7) is 3.16. The highest BCUT2D eigenvalue weighted by Gasteiger charge is 2.27. The van der Waals surface area contributed by atoms with Crippen LogP contribution in [0.2, 0.25) is 10.0 Å². The number of pyridine rings is 3. The zero-order valence-corrected chi connectivity index (χ0v) is 27.0. The number of ether oxygens (including phenoxy) is 2. The van der Waals surface area contributed by atoms with Crippen molar-refractivity contribution in [2.24, 2.45) is 0 Å². The minimum Gasteiger partial charge on any atom is -0.481 e. The number of nitrogens with one attached hydrogen (secondary N) is 3. The molecular formula is C33H34Cl2FN7O3. The van der Waals surface area contributed by atoms with E-state index < -0.39 is 5.82 Å². The number of anilines is 2. The molecule has 13 heteroatoms. The molecule has 1 amide bonds. The van der Waals surface area contributed by atoms with E-state index in [-0.39, 0.29) is 23.9 Å². The molecule has 1 unspecified atom stereocenters. The van der Waals surface area contributed by atoms with Crippen molar-refractivity contribution in [3.63, 3.8) is 0 Å². The third-order valence-corrected chi connectivity index (χ3v) is 9.01. The minimum absolute atomic E-state index is 0.0760. The quantitative estimate of drug-likeness (QED) is 0.178. The standard InChI is InChI=1S/C33H34Cl2FN7O3/c1-45-22-17-43(18-22)16-20-10-12-39-32(30(20)36)41-26-5-3-4-24(28(26)34)31-29(35)23(11-13-38-31)25-8-6-19(33(42-25)46-2)14-37-15-21-7-9-27(44)40-21/h3-6,8,10-13,21-22,37H,7,9,14-18H2,1-2H3,(H,39,41)(H,40,44). The van der Waals surface area contributed by atoms with Gasteiger partial charge in [0, 0.05) is 86.9 Å². The highest BCUT2D eigenvalue weighted by Crippen LogP contribution is 2.41. The Morgan fingerprint density at radius 1 is 1.02 bits per heavy atom. The van der Waals surface area contributed by atoms with Crippen LogP contribution in [0.4, 0.5) is 15.9 Å². The number of carbonyl (C=O) groups excluding carboxylic acids is 1. The van der Waals surface area contributed by atoms with Gasteiger partial charge in [-0.1, -0.05) is 41.4 Å². The Balaban J connectivity index is 1.20. The van der Waals surface area contributed by atoms with E-state index in [0.717, 1.165) is 25.1 Å². The first-order chi connectivity index (χ1) is 22.3. The summed E-state index contributed by atoms with van der Waals surface area (Å²) in [7, 11) is 3.25. The number of carbonyl (C=O) groups is 1. The van der Waals surface area contributed by atoms with Crippen LogP contribution in [0.25, 0.3) is 22.5 Å². The molecule has 5 heterocycles. The fourth-order valence-electron chi connectivity index (χ4n) is 5.64. The molecule has 0 radical (unpaired) electrons. The number of methoxy groups -OCH3 is 2. The summed E-state index contributed by atoms with van der Waals surface area (Å²) in [4.78, 5) is 27.1. The zero-order chi connectivity index (χ0) is 32.2. The monoisotopic (exact) mass is 665 g/mol. The molecule has 46 heavy (non-hydrogen) atoms. The Hall–Kier alpha value is -3.87. The van der Waals surface area contributed by atoms with Crippen LogP contribution in [0.1, 0.15) is 24.0 Å². The van der Waals surface area contributed by atoms with Gasteiger partial charge in [0.25, 0.3) is 0 Å². The molecule has 240 valence electrons. The van der Waals surface area contributed by atoms with Gasteiger partial charge in [-0.25, -0.2) is 14.4 Å². The SMILES string of the molecule is COc1nc(-c2ccnc(-c3cccc(Nc4nccc(CN5CC(OC)C5)c4F)c3Cl)c2Cl)ccc1CNCC1CCC(=O)N1. The van der Waals surface area contributed by atoms with Crippen molar-refractivity contribution in [1.82, 2.24) is 30.5 Å². The molecule has 4 aromatic rings. The third-order valence-electron chi connectivity index (χ3n) is 8.22. The van der Waals surface area contributed by atoms with Gasteiger partial charge in [-0.2, -0.15) is 0 Å². The van der Waals surface area contributed by atoms with Gasteiger partial charge in [-0.15, -0.1) is 0 Å². The predicted octanol–water partition coefficient (Wildman–Crippen LogP) is 5.60. The second-order valence-electron chi connectivity index (χ2n) is 11.3. The molecule has 0 saturated carbocycles. The van der Waals surface area contributed by atoms with Crippen LogP contribution in [0.3, 0.4) is 0 Å². The van der Waals surface area contributed by atoms with Crippen molar-refractivity contribution in [3.05, 3.63) is 81.8 Å². The van der Waals surface area contributed by atoms with Crippen molar-refractivity contribution >= 4 is 40.6 Å². The van der Waals surface area contributed by atoms with Gasteiger partial charge in [0.05, 0.1) is 40.3 Å². The molecular weight excluding hydrogens is 632 g/mol. The predicted molar refractivity (Wildman–Crippen MR) is 176 cm³/mol. The van der Waals surface area contributed by atoms with E-state index in [0.29, 0.717) is 75.7 Å². The zero-order valence-electron chi connectivity index (χ0n) is 25.4. The van der Waals surface area contributed by atoms with Crippen LogP contribution >= 0.6 is 23.2 Å². The summed E-state index contributed by atoms with van der Waals surface area (Å²) in [6, 6.07) is 12.7. The number of hydrogen-bond donors (Lipinski definition) is 3. The van der Waals surface area contributed by atoms with E-state index >= 15 is 4.39 Å². The van der Waals surface area contributed by atoms with Crippen molar-refractivity contribution in [2.45, 2.75) is 38.1 Å². The number of benzene rings is 1. The topological polar surface area (TPSA) is 114 Å². The fraction of sp³-hybridized carbons (Fsp3) is 0.333. The first-order valence-electron chi connectivity index (χ1n) is 15.0. The van der Waals surface area contributed by atoms with Crippen LogP contribution < -0.4 is 20.7 Å². The van der Waals surface area contributed by atoms with Crippen LogP contribution in [-0.2, 0) is 22.6 Å². The highest BCUT2D eigenvalue weighted by molar-refractivity contribution is 6.39. The third kappa shape index (κ3) is 6.93. The van der Waals surface area contributed by atoms with E-state index in [2.05, 4.69) is 30.8 Å². The van der Waals surface area contributed by atoms with Crippen molar-refractivity contribution in [1.29, 1.82) is 0 Å². The minimum atomic E-state index is -0.438. The Morgan fingerprint density at radius 2 is 1.85 bits per heavy atom. The van der Waals surface area contributed by atoms with E-state index in [1.807, 2.05) is 12.1 Å². The molecule has 2 saturated heterocycles. The maximum absolute atomic E-state index is 15.5. The lowest BCUT2D eigenvalue weighted by Gasteiger charge is -2.38. The molecule has 1 aromatic carbocycles. The summed E-state index contributed by atoms with van der Waals surface area (Å²) in [5.74, 6) is 0.186. The smallest absolute Gasteiger partial charge is 0.220 e. The van der Waals surface area contributed by atoms with Crippen LogP contribution in [0.5, 0.6) is 5.88 Å². The second-order valence-corrected chi connectivity index (χ2v) is 12.1. The number of likely N-dealkylation sites (tertiary alicyclic amines) is 1. The largest absolute Gasteiger partial charge is 0.481 e. The number of amides is 1. The number of nitrogens with zero attached hydrogens (tertiary/aromatic N) is 4. The molecule has 3 aromatic heterocycles. The second kappa shape index (κ2) is 14.3. The van der Waals surface area contributed by atoms with Gasteiger partial charge in [0.2, 0.25) is 11.8 Å². The highest BCUT2D eigenvalue weighted by atomic mass is 35.5. The lowest BCUT2D eigenvalue weighted by Crippen LogP contribution is -2.51. The molecule has 6 rings (SSSR count). The molecule has 2 aliphatic rings. The molecule has 0 aliphatic carbocycles. The normalized spacial score (nSPS) is 16.7. The molecule has 0 spiro atoms. The molecule has 1 atom stereocenters. The van der Waals surface area contributed by atoms with Crippen molar-refractivity contribution in [3.8, 4) is 28.4 Å². The molecule has 2 aliphatic heterocycles. The lowest BCUT2D eigenvalue weighted by molar-refractivity contribution is -0.119. The maximum Gasteiger partial charge on any atom is 0.220 e. The maximum atomic E-state index is 15.5. The van der Waals surface area contributed by atoms with E-state index in [1.54, 1.807) is 56.9 Å². The van der Waals surface area contributed by atoms with Crippen LogP contribution in [-0.4, -0.2) is 71.8 Å². The number of hydrogen-bond acceptors (Lipinski definition) is 9. The molecule has 2 fully saturated rings. The summed E-state index contributed by atoms with van der Waals surface area (Å²) in [5, 5.41) is 10.0. The summed E-state index contributed by atoms with van der Waals surface area (Å²) >= 11 is 13.8. The first-order valence-corrected chi connectivity index (χ1v) is 15.7. The fourth-order valence-corrected chi connectivity index (χ4v) is 6.22. The Bertz CT molecular complexity index is 1740. The van der Waals surface area contributed by atoms with E-state index in [4.69, 9.17) is 37.7 Å². The van der Waals surface area contributed by atoms with Gasteiger partial charge < -0.3 is 25.4 Å². The summed E-state index contributed by atoms with van der Waals surface area (Å²) in [5.41, 5.74) is 4.13.